The minimum absolute atomic E-state index is 0.0186. The highest BCUT2D eigenvalue weighted by Gasteiger charge is 2.47. The number of aliphatic hydroxyl groups is 1. The van der Waals surface area contributed by atoms with Crippen LogP contribution in [0.4, 0.5) is 5.69 Å². The fraction of sp³-hybridized carbons (Fsp3) is 0.303. The molecule has 1 heterocycles. The molecule has 0 saturated carbocycles. The molecule has 1 saturated heterocycles. The lowest BCUT2D eigenvalue weighted by Crippen LogP contribution is -2.29. The number of nitrogens with zero attached hydrogens (tertiary/aromatic N) is 1. The van der Waals surface area contributed by atoms with E-state index in [0.29, 0.717) is 35.8 Å². The zero-order chi connectivity index (χ0) is 29.0. The highest BCUT2D eigenvalue weighted by Crippen LogP contribution is 2.43. The van der Waals surface area contributed by atoms with Crippen molar-refractivity contribution in [1.29, 1.82) is 0 Å². The van der Waals surface area contributed by atoms with Crippen molar-refractivity contribution in [3.63, 3.8) is 0 Å². The SMILES string of the molecule is CCOC(=O)Cc1ccc(N2C(=O)C(=O)/C(=C(\O)c3ccc(OCC)c(C(C)C)c3)C2c2cccc(C)c2)cc1. The number of rotatable bonds is 9. The Morgan fingerprint density at radius 2 is 1.70 bits per heavy atom. The lowest BCUT2D eigenvalue weighted by Gasteiger charge is -2.26. The third-order valence-corrected chi connectivity index (χ3v) is 6.88. The molecular weight excluding hydrogens is 506 g/mol. The van der Waals surface area contributed by atoms with Gasteiger partial charge < -0.3 is 14.6 Å². The molecule has 1 amide bonds. The van der Waals surface area contributed by atoms with E-state index in [4.69, 9.17) is 9.47 Å². The van der Waals surface area contributed by atoms with Crippen LogP contribution in [-0.2, 0) is 25.5 Å². The van der Waals surface area contributed by atoms with Gasteiger partial charge in [-0.05, 0) is 73.7 Å². The van der Waals surface area contributed by atoms with Gasteiger partial charge >= 0.3 is 5.97 Å². The summed E-state index contributed by atoms with van der Waals surface area (Å²) in [6, 6.07) is 18.9. The van der Waals surface area contributed by atoms with Crippen LogP contribution in [0.25, 0.3) is 5.76 Å². The second-order valence-corrected chi connectivity index (χ2v) is 10.1. The summed E-state index contributed by atoms with van der Waals surface area (Å²) in [5.41, 5.74) is 4.21. The predicted octanol–water partition coefficient (Wildman–Crippen LogP) is 6.25. The van der Waals surface area contributed by atoms with E-state index >= 15 is 0 Å². The van der Waals surface area contributed by atoms with E-state index in [1.54, 1.807) is 43.3 Å². The summed E-state index contributed by atoms with van der Waals surface area (Å²) >= 11 is 0. The average Bonchev–Trinajstić information content (AvgIpc) is 3.19. The molecule has 1 unspecified atom stereocenters. The number of carbonyl (C=O) groups excluding carboxylic acids is 3. The number of amides is 1. The maximum Gasteiger partial charge on any atom is 0.310 e. The van der Waals surface area contributed by atoms with Crippen molar-refractivity contribution in [3.8, 4) is 5.75 Å². The fourth-order valence-corrected chi connectivity index (χ4v) is 5.00. The van der Waals surface area contributed by atoms with Crippen molar-refractivity contribution in [3.05, 3.63) is 100 Å². The molecule has 3 aromatic carbocycles. The summed E-state index contributed by atoms with van der Waals surface area (Å²) in [5, 5.41) is 11.6. The van der Waals surface area contributed by atoms with Crippen molar-refractivity contribution in [2.75, 3.05) is 18.1 Å². The monoisotopic (exact) mass is 541 g/mol. The molecule has 1 aliphatic heterocycles. The molecule has 1 atom stereocenters. The van der Waals surface area contributed by atoms with Crippen molar-refractivity contribution >= 4 is 29.1 Å². The molecule has 0 bridgehead atoms. The maximum atomic E-state index is 13.6. The van der Waals surface area contributed by atoms with Crippen molar-refractivity contribution in [1.82, 2.24) is 0 Å². The normalized spacial score (nSPS) is 16.4. The molecule has 0 radical (unpaired) electrons. The number of benzene rings is 3. The molecule has 1 N–H and O–H groups in total. The Kier molecular flexibility index (Phi) is 8.73. The van der Waals surface area contributed by atoms with Crippen LogP contribution in [0, 0.1) is 6.92 Å². The quantitative estimate of drug-likeness (QED) is 0.149. The number of Topliss-reactive ketones (excluding diaryl/α,β-unsaturated/α-hetero) is 1. The van der Waals surface area contributed by atoms with Gasteiger partial charge in [-0.1, -0.05) is 55.8 Å². The summed E-state index contributed by atoms with van der Waals surface area (Å²) < 4.78 is 10.8. The molecule has 208 valence electrons. The Labute approximate surface area is 235 Å². The second kappa shape index (κ2) is 12.2. The van der Waals surface area contributed by atoms with Crippen LogP contribution in [-0.4, -0.2) is 36.0 Å². The molecule has 7 nitrogen and oxygen atoms in total. The van der Waals surface area contributed by atoms with Crippen LogP contribution in [0.1, 0.15) is 67.5 Å². The highest BCUT2D eigenvalue weighted by molar-refractivity contribution is 6.51. The van der Waals surface area contributed by atoms with Crippen molar-refractivity contribution in [2.45, 2.75) is 53.0 Å². The molecule has 3 aromatic rings. The van der Waals surface area contributed by atoms with Crippen LogP contribution in [0.3, 0.4) is 0 Å². The summed E-state index contributed by atoms with van der Waals surface area (Å²) in [7, 11) is 0. The number of ether oxygens (including phenoxy) is 2. The van der Waals surface area contributed by atoms with E-state index in [0.717, 1.165) is 16.7 Å². The average molecular weight is 542 g/mol. The molecule has 40 heavy (non-hydrogen) atoms. The van der Waals surface area contributed by atoms with Gasteiger partial charge in [-0.25, -0.2) is 0 Å². The van der Waals surface area contributed by atoms with Gasteiger partial charge in [-0.2, -0.15) is 0 Å². The smallest absolute Gasteiger partial charge is 0.310 e. The van der Waals surface area contributed by atoms with E-state index in [2.05, 4.69) is 0 Å². The minimum Gasteiger partial charge on any atom is -0.507 e. The molecule has 1 fully saturated rings. The van der Waals surface area contributed by atoms with E-state index in [9.17, 15) is 19.5 Å². The third kappa shape index (κ3) is 5.78. The van der Waals surface area contributed by atoms with E-state index < -0.39 is 17.7 Å². The van der Waals surface area contributed by atoms with Gasteiger partial charge in [0.15, 0.2) is 0 Å². The lowest BCUT2D eigenvalue weighted by molar-refractivity contribution is -0.142. The zero-order valence-corrected chi connectivity index (χ0v) is 23.6. The number of ketones is 1. The first-order valence-electron chi connectivity index (χ1n) is 13.5. The first kappa shape index (κ1) is 28.6. The summed E-state index contributed by atoms with van der Waals surface area (Å²) in [5.74, 6) is -1.26. The Bertz CT molecular complexity index is 1450. The van der Waals surface area contributed by atoms with Crippen molar-refractivity contribution in [2.24, 2.45) is 0 Å². The summed E-state index contributed by atoms with van der Waals surface area (Å²) in [6.07, 6.45) is 0.101. The van der Waals surface area contributed by atoms with Gasteiger partial charge in [-0.15, -0.1) is 0 Å². The number of anilines is 1. The van der Waals surface area contributed by atoms with Crippen molar-refractivity contribution < 1.29 is 29.0 Å². The Balaban J connectivity index is 1.84. The Morgan fingerprint density at radius 1 is 0.975 bits per heavy atom. The predicted molar refractivity (Wildman–Crippen MR) is 154 cm³/mol. The molecule has 0 aliphatic carbocycles. The molecule has 4 rings (SSSR count). The van der Waals surface area contributed by atoms with Gasteiger partial charge in [-0.3, -0.25) is 19.3 Å². The van der Waals surface area contributed by atoms with Gasteiger partial charge in [0, 0.05) is 11.3 Å². The maximum absolute atomic E-state index is 13.6. The standard InChI is InChI=1S/C33H35NO6/c1-6-39-27-16-13-24(19-26(27)20(3)4)31(36)29-30(23-10-8-9-21(5)17-23)34(33(38)32(29)37)25-14-11-22(12-15-25)18-28(35)40-7-2/h8-17,19-20,30,36H,6-7,18H2,1-5H3/b31-29-. The largest absolute Gasteiger partial charge is 0.507 e. The molecule has 7 heteroatoms. The number of hydrogen-bond acceptors (Lipinski definition) is 6. The number of carbonyl (C=O) groups is 3. The topological polar surface area (TPSA) is 93.1 Å². The minimum atomic E-state index is -0.843. The van der Waals surface area contributed by atoms with Gasteiger partial charge in [0.05, 0.1) is 31.2 Å². The first-order chi connectivity index (χ1) is 19.2. The molecule has 1 aliphatic rings. The summed E-state index contributed by atoms with van der Waals surface area (Å²) in [6.45, 7) is 10.4. The molecule has 0 aromatic heterocycles. The fourth-order valence-electron chi connectivity index (χ4n) is 5.00. The first-order valence-corrected chi connectivity index (χ1v) is 13.5. The lowest BCUT2D eigenvalue weighted by atomic mass is 9.92. The number of aryl methyl sites for hydroxylation is 1. The van der Waals surface area contributed by atoms with E-state index in [-0.39, 0.29) is 29.6 Å². The van der Waals surface area contributed by atoms with Crippen LogP contribution in [0.15, 0.2) is 72.3 Å². The van der Waals surface area contributed by atoms with E-state index in [1.165, 1.54) is 4.90 Å². The Hall–Kier alpha value is -4.39. The Morgan fingerprint density at radius 3 is 2.33 bits per heavy atom. The number of aliphatic hydroxyl groups excluding tert-OH is 1. The van der Waals surface area contributed by atoms with E-state index in [1.807, 2.05) is 58.0 Å². The van der Waals surface area contributed by atoms with Crippen LogP contribution in [0.5, 0.6) is 5.75 Å². The zero-order valence-electron chi connectivity index (χ0n) is 23.6. The van der Waals surface area contributed by atoms with Gasteiger partial charge in [0.2, 0.25) is 0 Å². The van der Waals surface area contributed by atoms with Gasteiger partial charge in [0.25, 0.3) is 11.7 Å². The second-order valence-electron chi connectivity index (χ2n) is 10.1. The number of hydrogen-bond donors (Lipinski definition) is 1. The molecule has 0 spiro atoms. The summed E-state index contributed by atoms with van der Waals surface area (Å²) in [4.78, 5) is 40.4. The molecular formula is C33H35NO6. The highest BCUT2D eigenvalue weighted by atomic mass is 16.5. The van der Waals surface area contributed by atoms with Gasteiger partial charge in [0.1, 0.15) is 11.5 Å². The van der Waals surface area contributed by atoms with Crippen LogP contribution >= 0.6 is 0 Å². The van der Waals surface area contributed by atoms with Crippen LogP contribution in [0.2, 0.25) is 0 Å². The number of esters is 1. The van der Waals surface area contributed by atoms with Crippen LogP contribution < -0.4 is 9.64 Å². The third-order valence-electron chi connectivity index (χ3n) is 6.88.